The van der Waals surface area contributed by atoms with Crippen molar-refractivity contribution < 1.29 is 13.2 Å². The van der Waals surface area contributed by atoms with Gasteiger partial charge in [0.2, 0.25) is 10.0 Å². The van der Waals surface area contributed by atoms with E-state index >= 15 is 0 Å². The number of halogens is 2. The van der Waals surface area contributed by atoms with Gasteiger partial charge in [-0.2, -0.15) is 0 Å². The molecule has 2 N–H and O–H groups in total. The van der Waals surface area contributed by atoms with Gasteiger partial charge in [0.25, 0.3) is 5.91 Å². The fraction of sp³-hybridized carbons (Fsp3) is 0.381. The first-order valence-corrected chi connectivity index (χ1v) is 11.3. The largest absolute Gasteiger partial charge is 0.336 e. The Bertz CT molecular complexity index is 958. The van der Waals surface area contributed by atoms with Gasteiger partial charge in [0.15, 0.2) is 0 Å². The van der Waals surface area contributed by atoms with E-state index in [9.17, 15) is 13.2 Å². The summed E-state index contributed by atoms with van der Waals surface area (Å²) in [6.07, 6.45) is 2.44. The van der Waals surface area contributed by atoms with Crippen molar-refractivity contribution in [3.63, 3.8) is 0 Å². The van der Waals surface area contributed by atoms with Crippen molar-refractivity contribution in [2.75, 3.05) is 30.9 Å². The topological polar surface area (TPSA) is 78.5 Å². The minimum absolute atomic E-state index is 0. The van der Waals surface area contributed by atoms with Crippen LogP contribution < -0.4 is 10.0 Å². The van der Waals surface area contributed by atoms with Gasteiger partial charge in [-0.1, -0.05) is 30.7 Å². The number of benzene rings is 2. The summed E-state index contributed by atoms with van der Waals surface area (Å²) in [5.74, 6) is 0.0510. The molecule has 2 aromatic rings. The van der Waals surface area contributed by atoms with E-state index in [1.165, 1.54) is 0 Å². The molecule has 1 heterocycles. The lowest BCUT2D eigenvalue weighted by molar-refractivity contribution is 0.0736. The van der Waals surface area contributed by atoms with Gasteiger partial charge >= 0.3 is 0 Å². The van der Waals surface area contributed by atoms with Crippen LogP contribution in [0.25, 0.3) is 11.1 Å². The third-order valence-corrected chi connectivity index (χ3v) is 7.35. The summed E-state index contributed by atoms with van der Waals surface area (Å²) in [4.78, 5) is 14.4. The van der Waals surface area contributed by atoms with E-state index in [-0.39, 0.29) is 36.0 Å². The van der Waals surface area contributed by atoms with Crippen LogP contribution in [0, 0.1) is 0 Å². The zero-order chi connectivity index (χ0) is 19.6. The lowest BCUT2D eigenvalue weighted by Gasteiger charge is -2.27. The molecule has 1 amide bonds. The second-order valence-corrected chi connectivity index (χ2v) is 9.36. The summed E-state index contributed by atoms with van der Waals surface area (Å²) < 4.78 is 27.4. The van der Waals surface area contributed by atoms with Crippen molar-refractivity contribution in [2.24, 2.45) is 0 Å². The highest BCUT2D eigenvalue weighted by Crippen LogP contribution is 2.29. The van der Waals surface area contributed by atoms with Crippen LogP contribution in [-0.4, -0.2) is 50.7 Å². The Kier molecular flexibility index (Phi) is 8.55. The maximum atomic E-state index is 12.6. The number of hydrogen-bond acceptors (Lipinski definition) is 4. The first-order chi connectivity index (χ1) is 13.5. The molecule has 0 radical (unpaired) electrons. The summed E-state index contributed by atoms with van der Waals surface area (Å²) in [5.41, 5.74) is 3.11. The van der Waals surface area contributed by atoms with Crippen molar-refractivity contribution in [3.8, 4) is 11.1 Å². The highest BCUT2D eigenvalue weighted by atomic mass is 35.5. The van der Waals surface area contributed by atoms with Crippen LogP contribution in [0.1, 0.15) is 29.6 Å². The average molecular weight is 472 g/mol. The normalized spacial score (nSPS) is 16.6. The molecule has 164 valence electrons. The van der Waals surface area contributed by atoms with E-state index in [4.69, 9.17) is 0 Å². The Morgan fingerprint density at radius 1 is 0.967 bits per heavy atom. The van der Waals surface area contributed by atoms with E-state index in [0.29, 0.717) is 11.3 Å². The van der Waals surface area contributed by atoms with Crippen molar-refractivity contribution in [1.82, 2.24) is 10.2 Å². The zero-order valence-corrected chi connectivity index (χ0v) is 19.0. The molecule has 4 rings (SSSR count). The average Bonchev–Trinajstić information content (AvgIpc) is 2.66. The minimum Gasteiger partial charge on any atom is -0.336 e. The van der Waals surface area contributed by atoms with Gasteiger partial charge in [-0.3, -0.25) is 9.52 Å². The predicted octanol–water partition coefficient (Wildman–Crippen LogP) is 3.54. The molecule has 0 bridgehead atoms. The fourth-order valence-corrected chi connectivity index (χ4v) is 5.12. The van der Waals surface area contributed by atoms with Gasteiger partial charge in [0, 0.05) is 37.4 Å². The number of rotatable bonds is 5. The van der Waals surface area contributed by atoms with Gasteiger partial charge in [-0.25, -0.2) is 8.42 Å². The van der Waals surface area contributed by atoms with Gasteiger partial charge in [-0.05, 0) is 48.2 Å². The second-order valence-electron chi connectivity index (χ2n) is 7.40. The molecule has 9 heteroatoms. The first kappa shape index (κ1) is 24.5. The predicted molar refractivity (Wildman–Crippen MR) is 125 cm³/mol. The Labute approximate surface area is 190 Å². The molecule has 1 saturated carbocycles. The molecule has 2 fully saturated rings. The Morgan fingerprint density at radius 2 is 1.63 bits per heavy atom. The number of piperazine rings is 1. The zero-order valence-electron chi connectivity index (χ0n) is 16.5. The van der Waals surface area contributed by atoms with E-state index in [2.05, 4.69) is 10.0 Å². The van der Waals surface area contributed by atoms with Crippen molar-refractivity contribution in [3.05, 3.63) is 54.1 Å². The number of hydrogen-bond donors (Lipinski definition) is 2. The molecule has 1 aliphatic carbocycles. The second kappa shape index (κ2) is 10.5. The van der Waals surface area contributed by atoms with Crippen molar-refractivity contribution >= 4 is 46.4 Å². The van der Waals surface area contributed by atoms with Crippen LogP contribution in [-0.2, 0) is 10.0 Å². The highest BCUT2D eigenvalue weighted by Gasteiger charge is 2.31. The molecule has 2 aromatic carbocycles. The lowest BCUT2D eigenvalue weighted by Crippen LogP contribution is -2.46. The molecular weight excluding hydrogens is 445 g/mol. The summed E-state index contributed by atoms with van der Waals surface area (Å²) in [7, 11) is -3.31. The number of nitrogens with zero attached hydrogens (tertiary/aromatic N) is 1. The monoisotopic (exact) mass is 471 g/mol. The molecule has 2 aliphatic rings. The van der Waals surface area contributed by atoms with Gasteiger partial charge < -0.3 is 10.2 Å². The van der Waals surface area contributed by atoms with Crippen molar-refractivity contribution in [2.45, 2.75) is 24.5 Å². The van der Waals surface area contributed by atoms with Crippen LogP contribution in [0.4, 0.5) is 5.69 Å². The number of amides is 1. The Balaban J connectivity index is 0.00000160. The van der Waals surface area contributed by atoms with Gasteiger partial charge in [0.05, 0.1) is 5.25 Å². The summed E-state index contributed by atoms with van der Waals surface area (Å²) in [6.45, 7) is 3.11. The quantitative estimate of drug-likeness (QED) is 0.698. The fourth-order valence-electron chi connectivity index (χ4n) is 3.55. The van der Waals surface area contributed by atoms with Crippen LogP contribution >= 0.6 is 24.8 Å². The number of sulfonamides is 1. The van der Waals surface area contributed by atoms with E-state index in [1.807, 2.05) is 47.4 Å². The van der Waals surface area contributed by atoms with Gasteiger partial charge in [-0.15, -0.1) is 24.8 Å². The Morgan fingerprint density at radius 3 is 2.23 bits per heavy atom. The van der Waals surface area contributed by atoms with Crippen LogP contribution in [0.15, 0.2) is 48.5 Å². The van der Waals surface area contributed by atoms with Crippen LogP contribution in [0.2, 0.25) is 0 Å². The maximum Gasteiger partial charge on any atom is 0.253 e. The summed E-state index contributed by atoms with van der Waals surface area (Å²) in [6, 6.07) is 14.9. The SMILES string of the molecule is Cl.Cl.O=C(c1ccc(-c2cccc(NS(=O)(=O)C3CCC3)c2)cc1)N1CCNCC1. The highest BCUT2D eigenvalue weighted by molar-refractivity contribution is 7.93. The number of carbonyl (C=O) groups excluding carboxylic acids is 1. The first-order valence-electron chi connectivity index (χ1n) is 9.75. The molecule has 0 spiro atoms. The molecule has 0 atom stereocenters. The standard InChI is InChI=1S/C21H25N3O3S.2ClH/c25-21(24-13-11-22-12-14-24)17-9-7-16(8-10-17)18-3-1-4-19(15-18)23-28(26,27)20-5-2-6-20;;/h1,3-4,7-10,15,20,22-23H,2,5-6,11-14H2;2*1H. The summed E-state index contributed by atoms with van der Waals surface area (Å²) >= 11 is 0. The maximum absolute atomic E-state index is 12.6. The van der Waals surface area contributed by atoms with E-state index in [0.717, 1.165) is 56.6 Å². The smallest absolute Gasteiger partial charge is 0.253 e. The number of carbonyl (C=O) groups is 1. The lowest BCUT2D eigenvalue weighted by atomic mass is 10.0. The molecule has 30 heavy (non-hydrogen) atoms. The molecule has 0 unspecified atom stereocenters. The number of nitrogens with one attached hydrogen (secondary N) is 2. The number of anilines is 1. The van der Waals surface area contributed by atoms with Crippen LogP contribution in [0.3, 0.4) is 0 Å². The van der Waals surface area contributed by atoms with Crippen LogP contribution in [0.5, 0.6) is 0 Å². The minimum atomic E-state index is -3.31. The molecule has 1 aliphatic heterocycles. The third-order valence-electron chi connectivity index (χ3n) is 5.48. The van der Waals surface area contributed by atoms with Crippen molar-refractivity contribution in [1.29, 1.82) is 0 Å². The van der Waals surface area contributed by atoms with E-state index < -0.39 is 10.0 Å². The summed E-state index contributed by atoms with van der Waals surface area (Å²) in [5, 5.41) is 2.97. The van der Waals surface area contributed by atoms with E-state index in [1.54, 1.807) is 6.07 Å². The molecule has 0 aromatic heterocycles. The molecular formula is C21H27Cl2N3O3S. The Hall–Kier alpha value is -1.80. The molecule has 6 nitrogen and oxygen atoms in total. The molecule has 1 saturated heterocycles. The third kappa shape index (κ3) is 5.46. The van der Waals surface area contributed by atoms with Gasteiger partial charge in [0.1, 0.15) is 0 Å².